The number of ketones is 2. The van der Waals surface area contributed by atoms with Gasteiger partial charge in [-0.3, -0.25) is 62.4 Å². The van der Waals surface area contributed by atoms with Crippen LogP contribution in [0.4, 0.5) is 0 Å². The number of esters is 6. The van der Waals surface area contributed by atoms with Gasteiger partial charge in [-0.2, -0.15) is 0 Å². The van der Waals surface area contributed by atoms with E-state index in [9.17, 15) is 71.1 Å². The number of carbonyl (C=O) groups is 12. The van der Waals surface area contributed by atoms with Crippen LogP contribution in [0.3, 0.4) is 0 Å². The van der Waals surface area contributed by atoms with Crippen molar-refractivity contribution in [2.45, 2.75) is 521 Å². The molecule has 4 saturated carbocycles. The summed E-state index contributed by atoms with van der Waals surface area (Å²) in [6.07, 6.45) is 46.1. The van der Waals surface area contributed by atoms with E-state index >= 15 is 0 Å². The Hall–Kier alpha value is -4.98. The highest BCUT2D eigenvalue weighted by molar-refractivity contribution is 14.1. The average Bonchev–Trinajstić information content (AvgIpc) is 1.65. The van der Waals surface area contributed by atoms with Gasteiger partial charge in [0.05, 0.1) is 92.1 Å². The van der Waals surface area contributed by atoms with E-state index in [1.165, 1.54) is 67.9 Å². The van der Waals surface area contributed by atoms with Crippen molar-refractivity contribution in [3.8, 4) is 0 Å². The number of halogens is 4. The third-order valence-corrected chi connectivity index (χ3v) is 31.7. The Morgan fingerprint density at radius 3 is 0.940 bits per heavy atom. The van der Waals surface area contributed by atoms with Gasteiger partial charge >= 0.3 is 65.1 Å². The molecule has 26 nitrogen and oxygen atoms in total. The quantitative estimate of drug-likeness (QED) is 0.00769. The number of carboxylic acids is 4. The third kappa shape index (κ3) is 73.6. The van der Waals surface area contributed by atoms with Gasteiger partial charge in [0.25, 0.3) is 9.84 Å². The lowest BCUT2D eigenvalue weighted by Crippen LogP contribution is -2.29. The Bertz CT molecular complexity index is 4150. The number of aliphatic hydroxyl groups is 1. The molecule has 4 fully saturated rings. The van der Waals surface area contributed by atoms with Gasteiger partial charge < -0.3 is 54.0 Å². The van der Waals surface area contributed by atoms with Crippen LogP contribution >= 0.6 is 70.4 Å². The van der Waals surface area contributed by atoms with Crippen molar-refractivity contribution in [3.05, 3.63) is 41.2 Å². The van der Waals surface area contributed by atoms with Gasteiger partial charge in [0.1, 0.15) is 22.8 Å². The van der Waals surface area contributed by atoms with E-state index in [-0.39, 0.29) is 92.5 Å². The van der Waals surface area contributed by atoms with E-state index in [0.29, 0.717) is 83.6 Å². The molecule has 4 aliphatic carbocycles. The van der Waals surface area contributed by atoms with Crippen LogP contribution in [-0.2, 0) is 95.8 Å². The molecule has 2 unspecified atom stereocenters. The summed E-state index contributed by atoms with van der Waals surface area (Å²) in [7, 11) is 6.31. The molecule has 5 rings (SSSR count). The zero-order chi connectivity index (χ0) is 140. The minimum atomic E-state index is -3.69. The van der Waals surface area contributed by atoms with Crippen LogP contribution in [-0.4, -0.2) is 197 Å². The smallest absolute Gasteiger partial charge is 0.325 e. The SMILES string of the molecule is BrCCCCCBr.CC(C)(C)OC(=O)C1(CCCCCI)CC1.CC(C)(CCCCCC(=O)CCCCCC1(C(=O)O)CC1)C(=O)O.CC(C)(CCCCCC(O)CCCCCC1(C(=O)O)CC1)C(=O)O.CCOC(=O)C(C)(C)CCCCCBr.CCOC(=O)C(C)(C)CCCCCC(=O)CCCCCC1(C(=O)OC(C)(C)C)CC1.CCOC(=O)C(C)C.[2HH].[2HH].[2HH].[2HH].[2H][2H].[2H][2H].[2H][2H].[2H][2H].[2H][2H].[2H][2H].[2H][2H].[2H][2H].[2H][2H].[2H][2H].[2H][2H].[2H][2H].[B][B][B].[C-]#[N+]C(CCCC(C)(C)C(=O)OCC)S(=O)(=O)c1ccc(C)cc1. The Morgan fingerprint density at radius 2 is 0.680 bits per heavy atom. The van der Waals surface area contributed by atoms with Crippen molar-refractivity contribution in [1.82, 2.24) is 0 Å². The number of hydrogen-bond donors (Lipinski definition) is 5. The van der Waals surface area contributed by atoms with Gasteiger partial charge in [0.2, 0.25) is 0 Å². The maximum atomic E-state index is 12.6. The predicted octanol–water partition coefficient (Wildman–Crippen LogP) is 33.2. The molecule has 0 spiro atoms. The summed E-state index contributed by atoms with van der Waals surface area (Å²) < 4.78 is 177. The molecule has 1 aromatic rings. The fourth-order valence-corrected chi connectivity index (χ4v) is 19.0. The summed E-state index contributed by atoms with van der Waals surface area (Å²) in [4.78, 5) is 141. The molecule has 1 aromatic carbocycles. The molecule has 34 heteroatoms. The largest absolute Gasteiger partial charge is 0.481 e. The second-order valence-corrected chi connectivity index (χ2v) is 52.0. The van der Waals surface area contributed by atoms with Crippen molar-refractivity contribution in [3.63, 3.8) is 0 Å². The standard InChI is InChI=1S/C25H44O5.C19H34O5.C19H32O5.C18H25NO4S.C13H23IO2.C11H21BrO2.C6H12O2.C5H10Br2.B3.16H2/c1-7-29-21(27)24(5,6)16-12-8-10-14-20(26)15-11-9-13-17-25(18-19-25)22(28)30-23(2,3)4;2*1-18(2,16(21)22)11-7-3-5-9-15(20)10-6-4-8-12-19(13-14-19)17(23)24;1-6-23-17(20)18(3,4)13-7-8-16(19-5)24(21,22)15-11-9-14(2)10-12-15;1-12(2,3)16-11(15)13(8-9-13)7-5-4-6-10-14;1-4-14-10(13)11(2,3)8-6-5-7-9-12;1-4-8-6(7)5(2)3;6-4-2-1-3-5-7;1-3-2;;;;;;;;;;;;;;;;/h7-19H2,1-6H3;15,20H,3-14H2,1-2H3,(H,21,22)(H,23,24);3-14H2,1-2H3,(H,21,22)(H,23,24);9-12,16H,6-8,13H2,1-4H3;4-10H2,1-3H3;4-9H2,1-3H3;5H,4H2,1-3H3;1-5H2;;16*1H/i;;;;;;;;;12*1+1D;4*1+1. The van der Waals surface area contributed by atoms with Crippen molar-refractivity contribution >= 4 is 174 Å². The van der Waals surface area contributed by atoms with Crippen molar-refractivity contribution in [2.75, 3.05) is 46.8 Å². The first-order chi connectivity index (χ1) is 81.9. The second kappa shape index (κ2) is 81.6. The molecular weight excluding hydrogens is 2240 g/mol. The fraction of sp³-hybridized carbons (Fsp3) is 0.836. The van der Waals surface area contributed by atoms with Crippen LogP contribution in [0.15, 0.2) is 29.2 Å². The number of aryl methyl sites for hydroxylation is 1. The Morgan fingerprint density at radius 1 is 0.413 bits per heavy atom. The van der Waals surface area contributed by atoms with Crippen LogP contribution in [0.5, 0.6) is 0 Å². The molecule has 150 heavy (non-hydrogen) atoms. The Labute approximate surface area is 993 Å². The number of Topliss-reactive ketones (excluding diaryl/α,β-unsaturated/α-hetero) is 2. The molecule has 5 radical (unpaired) electrons. The van der Waals surface area contributed by atoms with Gasteiger partial charge in [0.15, 0.2) is 0 Å². The molecular formula is C116H233B3Br3INO25S. The first-order valence-corrected chi connectivity index (χ1v) is 62.3. The van der Waals surface area contributed by atoms with Crippen LogP contribution in [0.2, 0.25) is 0 Å². The number of alkyl halides is 4. The summed E-state index contributed by atoms with van der Waals surface area (Å²) in [5, 5.41) is 48.4. The van der Waals surface area contributed by atoms with Gasteiger partial charge in [-0.05, 0) is 342 Å². The summed E-state index contributed by atoms with van der Waals surface area (Å²) in [6, 6.07) is 6.51. The maximum absolute atomic E-state index is 12.6. The first kappa shape index (κ1) is 128. The number of aliphatic hydroxyl groups excluding tert-OH is 1. The van der Waals surface area contributed by atoms with Gasteiger partial charge in [-0.15, -0.1) is 0 Å². The number of unbranched alkanes of at least 4 members (excludes halogenated alkanes) is 18. The topological polar surface area (TPSA) is 400 Å². The third-order valence-electron chi connectivity index (χ3n) is 27.2. The highest BCUT2D eigenvalue weighted by Crippen LogP contribution is 2.54. The zero-order valence-electron chi connectivity index (χ0n) is 121. The number of ether oxygens (including phenoxy) is 6. The number of carbonyl (C=O) groups excluding carboxylic acids is 8. The zero-order valence-corrected chi connectivity index (χ0v) is 105. The monoisotopic (exact) mass is 2500 g/mol. The number of benzene rings is 1. The van der Waals surface area contributed by atoms with Crippen molar-refractivity contribution in [1.29, 1.82) is 0 Å². The lowest BCUT2D eigenvalue weighted by Gasteiger charge is -2.23. The molecule has 0 saturated heterocycles. The summed E-state index contributed by atoms with van der Waals surface area (Å²) in [5.74, 6) is -2.86. The fourth-order valence-electron chi connectivity index (χ4n) is 15.9. The van der Waals surface area contributed by atoms with E-state index < -0.39 is 77.2 Å². The number of aliphatic carboxylic acids is 4. The number of carboxylic acid groups (broad SMARTS) is 4. The van der Waals surface area contributed by atoms with E-state index in [1.54, 1.807) is 67.5 Å². The number of rotatable bonds is 70. The molecule has 0 aromatic heterocycles. The van der Waals surface area contributed by atoms with Crippen LogP contribution in [0.1, 0.15) is 533 Å². The minimum absolute atomic E-state index is 0. The molecule has 2 atom stereocenters. The lowest BCUT2D eigenvalue weighted by atomic mass is 9.40. The van der Waals surface area contributed by atoms with E-state index in [2.05, 4.69) is 95.4 Å². The molecule has 895 valence electrons. The van der Waals surface area contributed by atoms with Gasteiger partial charge in [0, 0.05) is 112 Å². The number of sulfone groups is 1. The normalized spacial score (nSPS) is 15.2. The van der Waals surface area contributed by atoms with Crippen molar-refractivity contribution in [2.24, 2.45) is 54.7 Å². The summed E-state index contributed by atoms with van der Waals surface area (Å²) >= 11 is 12.5. The molecule has 0 heterocycles. The van der Waals surface area contributed by atoms with Crippen molar-refractivity contribution < 1.29 is 161 Å². The molecule has 4 aliphatic rings. The van der Waals surface area contributed by atoms with Crippen LogP contribution in [0.25, 0.3) is 4.85 Å². The van der Waals surface area contributed by atoms with Gasteiger partial charge in [-0.1, -0.05) is 224 Å². The number of hydrogen-bond acceptors (Lipinski definition) is 21. The average molecular weight is 2500 g/mol. The number of nitrogens with zero attached hydrogens (tertiary/aromatic N) is 1. The molecule has 5 N–H and O–H groups in total. The van der Waals surface area contributed by atoms with E-state index in [4.69, 9.17) is 86.3 Å². The first-order valence-electron chi connectivity index (χ1n) is 67.9. The summed E-state index contributed by atoms with van der Waals surface area (Å²) in [5.41, 5.74) is -3.78. The summed E-state index contributed by atoms with van der Waals surface area (Å²) in [6.45, 7) is 51.5. The van der Waals surface area contributed by atoms with Crippen LogP contribution < -0.4 is 0 Å². The maximum Gasteiger partial charge on any atom is 0.325 e. The lowest BCUT2D eigenvalue weighted by molar-refractivity contribution is -0.163. The molecule has 0 amide bonds. The highest BCUT2D eigenvalue weighted by atomic mass is 127. The highest BCUT2D eigenvalue weighted by Gasteiger charge is 2.54. The van der Waals surface area contributed by atoms with Gasteiger partial charge in [-0.25, -0.2) is 15.0 Å². The molecule has 0 bridgehead atoms. The van der Waals surface area contributed by atoms with E-state index in [1.807, 2.05) is 104 Å². The second-order valence-electron chi connectivity index (χ2n) is 46.5. The molecule has 0 aliphatic heterocycles. The Balaban J connectivity index is -0.0000000881. The predicted molar refractivity (Wildman–Crippen MR) is 658 cm³/mol. The van der Waals surface area contributed by atoms with E-state index in [0.717, 1.165) is 253 Å². The Kier molecular flexibility index (Phi) is 69.9. The van der Waals surface area contributed by atoms with Crippen LogP contribution in [0, 0.1) is 68.1 Å². The minimum Gasteiger partial charge on any atom is -0.481 e.